The molecule has 0 fully saturated rings. The minimum atomic E-state index is -4.16. The highest BCUT2D eigenvalue weighted by atomic mass is 32.2. The van der Waals surface area contributed by atoms with Gasteiger partial charge in [-0.05, 0) is 92.8 Å². The molecule has 3 aromatic carbocycles. The van der Waals surface area contributed by atoms with E-state index in [-0.39, 0.29) is 17.3 Å². The number of methoxy groups -OCH3 is 1. The Balaban J connectivity index is 2.02. The van der Waals surface area contributed by atoms with Crippen LogP contribution in [0.5, 0.6) is 11.5 Å². The Bertz CT molecular complexity index is 1410. The maximum absolute atomic E-state index is 14.0. The van der Waals surface area contributed by atoms with Crippen LogP contribution in [0.2, 0.25) is 0 Å². The molecule has 1 N–H and O–H groups in total. The van der Waals surface area contributed by atoms with Crippen LogP contribution in [0.25, 0.3) is 0 Å². The first kappa shape index (κ1) is 32.8. The Kier molecular flexibility index (Phi) is 12.1. The van der Waals surface area contributed by atoms with Crippen LogP contribution in [-0.2, 0) is 26.2 Å². The molecule has 0 aromatic heterocycles. The molecule has 11 heteroatoms. The molecule has 0 heterocycles. The summed E-state index contributed by atoms with van der Waals surface area (Å²) in [6, 6.07) is 19.4. The lowest BCUT2D eigenvalue weighted by molar-refractivity contribution is -0.139. The van der Waals surface area contributed by atoms with E-state index in [2.05, 4.69) is 5.32 Å². The van der Waals surface area contributed by atoms with Crippen molar-refractivity contribution < 1.29 is 27.5 Å². The molecule has 2 amide bonds. The molecule has 0 radical (unpaired) electrons. The SMILES string of the molecule is CCCNC(=O)[C@H](C)N(Cc1ccc(OC)cc1)C(=O)CN(c1ccc(OCC)cc1)S(=O)(=O)c1ccc(SC)cc1. The largest absolute Gasteiger partial charge is 0.497 e. The summed E-state index contributed by atoms with van der Waals surface area (Å²) in [5.41, 5.74) is 1.07. The van der Waals surface area contributed by atoms with Gasteiger partial charge in [-0.15, -0.1) is 11.8 Å². The molecule has 3 rings (SSSR count). The van der Waals surface area contributed by atoms with Crippen LogP contribution in [0.4, 0.5) is 5.69 Å². The Morgan fingerprint density at radius 2 is 1.55 bits per heavy atom. The van der Waals surface area contributed by atoms with Gasteiger partial charge in [-0.1, -0.05) is 19.1 Å². The average molecular weight is 614 g/mol. The third-order valence-electron chi connectivity index (χ3n) is 6.59. The zero-order chi connectivity index (χ0) is 30.7. The van der Waals surface area contributed by atoms with Crippen LogP contribution >= 0.6 is 11.8 Å². The van der Waals surface area contributed by atoms with Gasteiger partial charge in [-0.3, -0.25) is 13.9 Å². The Morgan fingerprint density at radius 1 is 0.929 bits per heavy atom. The molecule has 0 unspecified atom stereocenters. The van der Waals surface area contributed by atoms with E-state index in [1.54, 1.807) is 62.6 Å². The normalized spacial score (nSPS) is 11.8. The number of ether oxygens (including phenoxy) is 2. The van der Waals surface area contributed by atoms with Gasteiger partial charge in [0.2, 0.25) is 11.8 Å². The Labute approximate surface area is 253 Å². The van der Waals surface area contributed by atoms with Gasteiger partial charge in [0.1, 0.15) is 24.1 Å². The Morgan fingerprint density at radius 3 is 2.10 bits per heavy atom. The second kappa shape index (κ2) is 15.5. The van der Waals surface area contributed by atoms with E-state index >= 15 is 0 Å². The molecule has 0 saturated carbocycles. The van der Waals surface area contributed by atoms with E-state index in [0.29, 0.717) is 30.3 Å². The van der Waals surface area contributed by atoms with E-state index in [0.717, 1.165) is 21.2 Å². The fraction of sp³-hybridized carbons (Fsp3) is 0.355. The minimum absolute atomic E-state index is 0.0532. The standard InChI is InChI=1S/C31H39N3O6S2/c1-6-20-32-31(36)23(3)33(21-24-8-12-26(39-4)13-9-24)30(35)22-34(25-10-14-27(15-11-25)40-7-2)42(37,38)29-18-16-28(41-5)17-19-29/h8-19,23H,6-7,20-22H2,1-5H3,(H,32,36)/t23-/m0/s1. The average Bonchev–Trinajstić information content (AvgIpc) is 3.01. The van der Waals surface area contributed by atoms with Gasteiger partial charge in [0.05, 0.1) is 24.3 Å². The summed E-state index contributed by atoms with van der Waals surface area (Å²) >= 11 is 1.50. The molecule has 226 valence electrons. The molecule has 1 atom stereocenters. The molecule has 3 aromatic rings. The molecular formula is C31H39N3O6S2. The van der Waals surface area contributed by atoms with Crippen LogP contribution < -0.4 is 19.1 Å². The first-order valence-electron chi connectivity index (χ1n) is 13.7. The zero-order valence-electron chi connectivity index (χ0n) is 24.7. The summed E-state index contributed by atoms with van der Waals surface area (Å²) in [6.07, 6.45) is 2.65. The third-order valence-corrected chi connectivity index (χ3v) is 9.12. The number of nitrogens with one attached hydrogen (secondary N) is 1. The van der Waals surface area contributed by atoms with Crippen LogP contribution in [0.15, 0.2) is 82.6 Å². The van der Waals surface area contributed by atoms with E-state index < -0.39 is 28.5 Å². The van der Waals surface area contributed by atoms with Crippen molar-refractivity contribution in [3.05, 3.63) is 78.4 Å². The van der Waals surface area contributed by atoms with E-state index in [4.69, 9.17) is 9.47 Å². The summed E-state index contributed by atoms with van der Waals surface area (Å²) in [5, 5.41) is 2.84. The number of thioether (sulfide) groups is 1. The maximum Gasteiger partial charge on any atom is 0.264 e. The highest BCUT2D eigenvalue weighted by Crippen LogP contribution is 2.28. The van der Waals surface area contributed by atoms with Gasteiger partial charge in [-0.2, -0.15) is 0 Å². The number of carbonyl (C=O) groups excluding carboxylic acids is 2. The van der Waals surface area contributed by atoms with Gasteiger partial charge in [0.15, 0.2) is 0 Å². The minimum Gasteiger partial charge on any atom is -0.497 e. The molecule has 0 aliphatic rings. The molecule has 42 heavy (non-hydrogen) atoms. The number of carbonyl (C=O) groups is 2. The first-order valence-corrected chi connectivity index (χ1v) is 16.4. The van der Waals surface area contributed by atoms with Crippen molar-refractivity contribution >= 4 is 39.3 Å². The van der Waals surface area contributed by atoms with Gasteiger partial charge < -0.3 is 19.7 Å². The number of benzene rings is 3. The quantitative estimate of drug-likeness (QED) is 0.242. The zero-order valence-corrected chi connectivity index (χ0v) is 26.3. The monoisotopic (exact) mass is 613 g/mol. The van der Waals surface area contributed by atoms with E-state index in [1.165, 1.54) is 28.8 Å². The van der Waals surface area contributed by atoms with Gasteiger partial charge in [0.25, 0.3) is 10.0 Å². The van der Waals surface area contributed by atoms with Gasteiger partial charge >= 0.3 is 0 Å². The van der Waals surface area contributed by atoms with Crippen molar-refractivity contribution in [1.29, 1.82) is 0 Å². The molecule has 0 aliphatic carbocycles. The second-order valence-corrected chi connectivity index (χ2v) is 12.2. The molecule has 9 nitrogen and oxygen atoms in total. The summed E-state index contributed by atoms with van der Waals surface area (Å²) < 4.78 is 39.9. The number of sulfonamides is 1. The maximum atomic E-state index is 14.0. The number of nitrogens with zero attached hydrogens (tertiary/aromatic N) is 2. The van der Waals surface area contributed by atoms with Crippen LogP contribution in [-0.4, -0.2) is 64.2 Å². The molecule has 0 saturated heterocycles. The molecular weight excluding hydrogens is 574 g/mol. The number of hydrogen-bond donors (Lipinski definition) is 1. The van der Waals surface area contributed by atoms with E-state index in [1.807, 2.05) is 32.2 Å². The van der Waals surface area contributed by atoms with Crippen molar-refractivity contribution in [2.75, 3.05) is 37.4 Å². The number of rotatable bonds is 15. The summed E-state index contributed by atoms with van der Waals surface area (Å²) in [7, 11) is -2.59. The third kappa shape index (κ3) is 8.42. The fourth-order valence-corrected chi connectivity index (χ4v) is 6.01. The molecule has 0 bridgehead atoms. The number of amides is 2. The fourth-order valence-electron chi connectivity index (χ4n) is 4.19. The van der Waals surface area contributed by atoms with Crippen LogP contribution in [0.3, 0.4) is 0 Å². The first-order chi connectivity index (χ1) is 20.1. The van der Waals surface area contributed by atoms with Crippen LogP contribution in [0.1, 0.15) is 32.8 Å². The van der Waals surface area contributed by atoms with Crippen LogP contribution in [0, 0.1) is 0 Å². The molecule has 0 aliphatic heterocycles. The molecule has 0 spiro atoms. The lowest BCUT2D eigenvalue weighted by Gasteiger charge is -2.32. The van der Waals surface area contributed by atoms with Crippen molar-refractivity contribution in [2.24, 2.45) is 0 Å². The van der Waals surface area contributed by atoms with Crippen molar-refractivity contribution in [3.8, 4) is 11.5 Å². The number of anilines is 1. The Hall–Kier alpha value is -3.70. The van der Waals surface area contributed by atoms with Gasteiger partial charge in [-0.25, -0.2) is 8.42 Å². The van der Waals surface area contributed by atoms with Gasteiger partial charge in [0, 0.05) is 18.0 Å². The predicted octanol–water partition coefficient (Wildman–Crippen LogP) is 4.95. The summed E-state index contributed by atoms with van der Waals surface area (Å²) in [4.78, 5) is 29.4. The summed E-state index contributed by atoms with van der Waals surface area (Å²) in [6.45, 7) is 5.95. The highest BCUT2D eigenvalue weighted by molar-refractivity contribution is 7.98. The van der Waals surface area contributed by atoms with Crippen molar-refractivity contribution in [3.63, 3.8) is 0 Å². The number of hydrogen-bond acceptors (Lipinski definition) is 7. The van der Waals surface area contributed by atoms with E-state index in [9.17, 15) is 18.0 Å². The lowest BCUT2D eigenvalue weighted by Crippen LogP contribution is -2.51. The predicted molar refractivity (Wildman–Crippen MR) is 167 cm³/mol. The smallest absolute Gasteiger partial charge is 0.264 e. The topological polar surface area (TPSA) is 105 Å². The lowest BCUT2D eigenvalue weighted by atomic mass is 10.1. The van der Waals surface area contributed by atoms with Crippen molar-refractivity contribution in [2.45, 2.75) is 49.6 Å². The van der Waals surface area contributed by atoms with Crippen molar-refractivity contribution in [1.82, 2.24) is 10.2 Å². The second-order valence-electron chi connectivity index (χ2n) is 9.45. The summed E-state index contributed by atoms with van der Waals surface area (Å²) in [5.74, 6) is 0.396. The highest BCUT2D eigenvalue weighted by Gasteiger charge is 2.32.